The summed E-state index contributed by atoms with van der Waals surface area (Å²) < 4.78 is 11.0. The number of nitrogens with one attached hydrogen (secondary N) is 2. The van der Waals surface area contributed by atoms with E-state index in [-0.39, 0.29) is 11.9 Å². The molecule has 4 rings (SSSR count). The summed E-state index contributed by atoms with van der Waals surface area (Å²) in [4.78, 5) is 25.9. The van der Waals surface area contributed by atoms with Crippen molar-refractivity contribution in [2.24, 2.45) is 0 Å². The van der Waals surface area contributed by atoms with Crippen molar-refractivity contribution in [1.82, 2.24) is 10.2 Å². The number of amides is 3. The lowest BCUT2D eigenvalue weighted by molar-refractivity contribution is 0.0283. The molecule has 0 bridgehead atoms. The number of hydrogen-bond donors (Lipinski definition) is 2. The van der Waals surface area contributed by atoms with Crippen LogP contribution in [0.4, 0.5) is 10.5 Å². The highest BCUT2D eigenvalue weighted by atomic mass is 16.5. The molecule has 2 aromatic rings. The van der Waals surface area contributed by atoms with Gasteiger partial charge in [-0.25, -0.2) is 4.79 Å². The first kappa shape index (κ1) is 16.7. The molecule has 1 aromatic heterocycles. The van der Waals surface area contributed by atoms with Crippen LogP contribution in [-0.4, -0.2) is 49.2 Å². The molecule has 26 heavy (non-hydrogen) atoms. The van der Waals surface area contributed by atoms with Crippen molar-refractivity contribution in [1.29, 1.82) is 0 Å². The Morgan fingerprint density at radius 3 is 2.42 bits per heavy atom. The van der Waals surface area contributed by atoms with Crippen LogP contribution in [-0.2, 0) is 4.74 Å². The number of carbonyl (C=O) groups excluding carboxylic acids is 2. The summed E-state index contributed by atoms with van der Waals surface area (Å²) in [5.41, 5.74) is 1.56. The molecule has 0 radical (unpaired) electrons. The minimum atomic E-state index is -0.184. The maximum Gasteiger partial charge on any atom is 0.319 e. The maximum atomic E-state index is 12.4. The number of rotatable bonds is 4. The van der Waals surface area contributed by atoms with Crippen molar-refractivity contribution in [3.8, 4) is 11.3 Å². The van der Waals surface area contributed by atoms with E-state index in [1.807, 2.05) is 24.3 Å². The third-order valence-electron chi connectivity index (χ3n) is 4.45. The van der Waals surface area contributed by atoms with Crippen molar-refractivity contribution in [2.75, 3.05) is 31.6 Å². The zero-order chi connectivity index (χ0) is 17.9. The van der Waals surface area contributed by atoms with Crippen LogP contribution in [0, 0.1) is 0 Å². The Morgan fingerprint density at radius 2 is 1.73 bits per heavy atom. The van der Waals surface area contributed by atoms with Crippen LogP contribution < -0.4 is 10.6 Å². The van der Waals surface area contributed by atoms with Crippen molar-refractivity contribution >= 4 is 17.6 Å². The smallest absolute Gasteiger partial charge is 0.319 e. The van der Waals surface area contributed by atoms with Gasteiger partial charge in [-0.05, 0) is 49.2 Å². The number of hydrogen-bond acceptors (Lipinski definition) is 4. The molecule has 2 heterocycles. The lowest BCUT2D eigenvalue weighted by atomic mass is 10.1. The highest BCUT2D eigenvalue weighted by molar-refractivity contribution is 5.92. The van der Waals surface area contributed by atoms with Gasteiger partial charge in [-0.2, -0.15) is 0 Å². The summed E-state index contributed by atoms with van der Waals surface area (Å²) in [5, 5.41) is 5.68. The summed E-state index contributed by atoms with van der Waals surface area (Å²) in [6.07, 6.45) is 2.10. The third-order valence-corrected chi connectivity index (χ3v) is 4.45. The number of nitrogens with zero attached hydrogens (tertiary/aromatic N) is 1. The Labute approximate surface area is 151 Å². The summed E-state index contributed by atoms with van der Waals surface area (Å²) in [7, 11) is 0. The molecule has 1 aromatic carbocycles. The first-order chi connectivity index (χ1) is 12.7. The quantitative estimate of drug-likeness (QED) is 0.883. The number of carbonyl (C=O) groups is 2. The van der Waals surface area contributed by atoms with Gasteiger partial charge in [-0.15, -0.1) is 0 Å². The molecule has 0 unspecified atom stereocenters. The van der Waals surface area contributed by atoms with E-state index in [4.69, 9.17) is 9.15 Å². The summed E-state index contributed by atoms with van der Waals surface area (Å²) >= 11 is 0. The minimum Gasteiger partial charge on any atom is -0.451 e. The zero-order valence-corrected chi connectivity index (χ0v) is 14.4. The van der Waals surface area contributed by atoms with Crippen LogP contribution in [0.2, 0.25) is 0 Å². The molecule has 136 valence electrons. The van der Waals surface area contributed by atoms with E-state index in [0.29, 0.717) is 49.6 Å². The first-order valence-corrected chi connectivity index (χ1v) is 8.84. The highest BCUT2D eigenvalue weighted by Gasteiger charge is 2.23. The number of furan rings is 1. The van der Waals surface area contributed by atoms with Crippen molar-refractivity contribution in [3.63, 3.8) is 0 Å². The van der Waals surface area contributed by atoms with Gasteiger partial charge < -0.3 is 24.7 Å². The molecular formula is C19H21N3O4. The fourth-order valence-corrected chi connectivity index (χ4v) is 2.83. The standard InChI is InChI=1S/C19H21N3O4/c23-18(22-9-11-25-12-10-22)17-8-7-16(26-17)13-1-3-14(4-2-13)20-19(24)21-15-5-6-15/h1-4,7-8,15H,5-6,9-12H2,(H2,20,21,24). The van der Waals surface area contributed by atoms with E-state index in [9.17, 15) is 9.59 Å². The van der Waals surface area contributed by atoms with Crippen LogP contribution in [0.3, 0.4) is 0 Å². The third kappa shape index (κ3) is 3.88. The number of benzene rings is 1. The van der Waals surface area contributed by atoms with Gasteiger partial charge in [0.2, 0.25) is 0 Å². The molecule has 7 nitrogen and oxygen atoms in total. The second-order valence-electron chi connectivity index (χ2n) is 6.52. The number of ether oxygens (including phenoxy) is 1. The van der Waals surface area contributed by atoms with Crippen molar-refractivity contribution < 1.29 is 18.7 Å². The molecule has 2 aliphatic rings. The molecule has 1 aliphatic heterocycles. The molecule has 1 saturated carbocycles. The van der Waals surface area contributed by atoms with E-state index >= 15 is 0 Å². The second kappa shape index (κ2) is 7.21. The molecule has 1 saturated heterocycles. The Balaban J connectivity index is 1.40. The lowest BCUT2D eigenvalue weighted by Gasteiger charge is -2.25. The van der Waals surface area contributed by atoms with Gasteiger partial charge in [0, 0.05) is 30.4 Å². The molecule has 7 heteroatoms. The largest absolute Gasteiger partial charge is 0.451 e. The van der Waals surface area contributed by atoms with Gasteiger partial charge in [0.25, 0.3) is 5.91 Å². The fourth-order valence-electron chi connectivity index (χ4n) is 2.83. The Kier molecular flexibility index (Phi) is 4.62. The lowest BCUT2D eigenvalue weighted by Crippen LogP contribution is -2.40. The van der Waals surface area contributed by atoms with Gasteiger partial charge in [0.05, 0.1) is 13.2 Å². The van der Waals surface area contributed by atoms with Crippen molar-refractivity contribution in [3.05, 3.63) is 42.2 Å². The van der Waals surface area contributed by atoms with Gasteiger partial charge in [-0.1, -0.05) is 0 Å². The van der Waals surface area contributed by atoms with Crippen LogP contribution in [0.25, 0.3) is 11.3 Å². The van der Waals surface area contributed by atoms with Gasteiger partial charge in [-0.3, -0.25) is 4.79 Å². The molecule has 3 amide bonds. The van der Waals surface area contributed by atoms with E-state index in [1.165, 1.54) is 0 Å². The van der Waals surface area contributed by atoms with Crippen LogP contribution in [0.1, 0.15) is 23.4 Å². The van der Waals surface area contributed by atoms with E-state index in [1.54, 1.807) is 17.0 Å². The molecule has 1 aliphatic carbocycles. The van der Waals surface area contributed by atoms with Gasteiger partial charge in [0.15, 0.2) is 5.76 Å². The maximum absolute atomic E-state index is 12.4. The second-order valence-corrected chi connectivity index (χ2v) is 6.52. The van der Waals surface area contributed by atoms with Crippen LogP contribution in [0.5, 0.6) is 0 Å². The SMILES string of the molecule is O=C(Nc1ccc(-c2ccc(C(=O)N3CCOCC3)o2)cc1)NC1CC1. The van der Waals surface area contributed by atoms with Crippen LogP contribution in [0.15, 0.2) is 40.8 Å². The first-order valence-electron chi connectivity index (χ1n) is 8.84. The predicted octanol–water partition coefficient (Wildman–Crippen LogP) is 2.70. The highest BCUT2D eigenvalue weighted by Crippen LogP contribution is 2.25. The van der Waals surface area contributed by atoms with Gasteiger partial charge in [0.1, 0.15) is 5.76 Å². The average molecular weight is 355 g/mol. The number of urea groups is 1. The Morgan fingerprint density at radius 1 is 1.00 bits per heavy atom. The van der Waals surface area contributed by atoms with Gasteiger partial charge >= 0.3 is 6.03 Å². The van der Waals surface area contributed by atoms with E-state index in [2.05, 4.69) is 10.6 Å². The van der Waals surface area contributed by atoms with E-state index < -0.39 is 0 Å². The number of anilines is 1. The van der Waals surface area contributed by atoms with Crippen LogP contribution >= 0.6 is 0 Å². The minimum absolute atomic E-state index is 0.116. The normalized spacial score (nSPS) is 17.0. The predicted molar refractivity (Wildman–Crippen MR) is 96.0 cm³/mol. The zero-order valence-electron chi connectivity index (χ0n) is 14.4. The Bertz CT molecular complexity index is 789. The topological polar surface area (TPSA) is 83.8 Å². The van der Waals surface area contributed by atoms with Crippen molar-refractivity contribution in [2.45, 2.75) is 18.9 Å². The summed E-state index contributed by atoms with van der Waals surface area (Å²) in [5.74, 6) is 0.832. The molecule has 2 N–H and O–H groups in total. The fraction of sp³-hybridized carbons (Fsp3) is 0.368. The van der Waals surface area contributed by atoms with E-state index in [0.717, 1.165) is 18.4 Å². The monoisotopic (exact) mass is 355 g/mol. The molecule has 2 fully saturated rings. The Hall–Kier alpha value is -2.80. The molecular weight excluding hydrogens is 334 g/mol. The molecule has 0 atom stereocenters. The summed E-state index contributed by atoms with van der Waals surface area (Å²) in [6, 6.07) is 11.0. The number of morpholine rings is 1. The molecule has 0 spiro atoms. The average Bonchev–Trinajstić information content (AvgIpc) is 3.34. The summed E-state index contributed by atoms with van der Waals surface area (Å²) in [6.45, 7) is 2.28.